The smallest absolute Gasteiger partial charge is 0.256 e. The van der Waals surface area contributed by atoms with Gasteiger partial charge in [0.1, 0.15) is 0 Å². The number of phenols is 1. The number of benzene rings is 1. The van der Waals surface area contributed by atoms with E-state index in [9.17, 15) is 9.90 Å². The van der Waals surface area contributed by atoms with Gasteiger partial charge in [0.05, 0.1) is 18.7 Å². The quantitative estimate of drug-likeness (QED) is 0.923. The molecule has 2 aliphatic heterocycles. The number of hydrogen-bond acceptors (Lipinski definition) is 4. The van der Waals surface area contributed by atoms with Crippen LogP contribution in [0.3, 0.4) is 0 Å². The third-order valence-electron chi connectivity index (χ3n) is 5.00. The van der Waals surface area contributed by atoms with Crippen LogP contribution in [0, 0.1) is 0 Å². The third-order valence-corrected chi connectivity index (χ3v) is 5.00. The minimum absolute atomic E-state index is 0.00147. The molecule has 3 heterocycles. The lowest BCUT2D eigenvalue weighted by Crippen LogP contribution is -2.44. The Kier molecular flexibility index (Phi) is 3.30. The number of rotatable bonds is 2. The molecule has 24 heavy (non-hydrogen) atoms. The number of amides is 1. The number of phenolic OH excluding ortho intramolecular Hbond substituents is 1. The minimum atomic E-state index is -0.0772. The molecule has 5 heteroatoms. The molecule has 1 atom stereocenters. The lowest BCUT2D eigenvalue weighted by molar-refractivity contribution is 0.0630. The highest BCUT2D eigenvalue weighted by atomic mass is 16.5. The molecule has 0 saturated heterocycles. The van der Waals surface area contributed by atoms with E-state index in [1.54, 1.807) is 31.6 Å². The molecule has 1 aromatic heterocycles. The van der Waals surface area contributed by atoms with Gasteiger partial charge in [-0.15, -0.1) is 0 Å². The maximum Gasteiger partial charge on any atom is 0.256 e. The second kappa shape index (κ2) is 5.37. The Morgan fingerprint density at radius 3 is 3.00 bits per heavy atom. The highest BCUT2D eigenvalue weighted by molar-refractivity contribution is 5.98. The average Bonchev–Trinajstić information content (AvgIpc) is 2.61. The normalized spacial score (nSPS) is 18.5. The Morgan fingerprint density at radius 2 is 2.25 bits per heavy atom. The summed E-state index contributed by atoms with van der Waals surface area (Å²) in [5.74, 6) is 0.578. The van der Waals surface area contributed by atoms with Crippen LogP contribution >= 0.6 is 0 Å². The predicted molar refractivity (Wildman–Crippen MR) is 90.2 cm³/mol. The van der Waals surface area contributed by atoms with Crippen LogP contribution in [-0.4, -0.2) is 34.6 Å². The molecule has 0 saturated carbocycles. The van der Waals surface area contributed by atoms with Gasteiger partial charge in [0.2, 0.25) is 0 Å². The molecule has 4 rings (SSSR count). The van der Waals surface area contributed by atoms with E-state index in [4.69, 9.17) is 4.74 Å². The number of nitrogens with zero attached hydrogens (tertiary/aromatic N) is 2. The monoisotopic (exact) mass is 322 g/mol. The van der Waals surface area contributed by atoms with Crippen molar-refractivity contribution in [1.29, 1.82) is 0 Å². The standard InChI is InChI=1S/C19H18N2O3/c1-3-11-9-20-10-15-13(11)7-16-14-8-17(22)18(24-2)6-12(14)4-5-21(16)19(15)23/h3,6,8-10,16,22H,1,4-5,7H2,2H3. The van der Waals surface area contributed by atoms with Gasteiger partial charge in [-0.05, 0) is 47.2 Å². The fourth-order valence-corrected chi connectivity index (χ4v) is 3.78. The summed E-state index contributed by atoms with van der Waals surface area (Å²) in [6, 6.07) is 3.53. The number of methoxy groups -OCH3 is 1. The van der Waals surface area contributed by atoms with Crippen molar-refractivity contribution in [3.8, 4) is 11.5 Å². The number of hydrogen-bond donors (Lipinski definition) is 1. The predicted octanol–water partition coefficient (Wildman–Crippen LogP) is 2.73. The summed E-state index contributed by atoms with van der Waals surface area (Å²) in [5.41, 5.74) is 4.64. The fraction of sp³-hybridized carbons (Fsp3) is 0.263. The fourth-order valence-electron chi connectivity index (χ4n) is 3.78. The maximum absolute atomic E-state index is 12.9. The van der Waals surface area contributed by atoms with E-state index in [1.165, 1.54) is 0 Å². The molecular formula is C19H18N2O3. The van der Waals surface area contributed by atoms with Gasteiger partial charge in [-0.1, -0.05) is 12.7 Å². The topological polar surface area (TPSA) is 62.7 Å². The van der Waals surface area contributed by atoms with E-state index in [0.717, 1.165) is 28.7 Å². The Bertz CT molecular complexity index is 860. The summed E-state index contributed by atoms with van der Waals surface area (Å²) < 4.78 is 5.21. The lowest BCUT2D eigenvalue weighted by Gasteiger charge is -2.41. The molecule has 5 nitrogen and oxygen atoms in total. The molecule has 2 aromatic rings. The summed E-state index contributed by atoms with van der Waals surface area (Å²) in [5, 5.41) is 10.2. The Hall–Kier alpha value is -2.82. The molecule has 0 spiro atoms. The van der Waals surface area contributed by atoms with Crippen LogP contribution < -0.4 is 4.74 Å². The maximum atomic E-state index is 12.9. The largest absolute Gasteiger partial charge is 0.504 e. The molecule has 0 bridgehead atoms. The zero-order valence-electron chi connectivity index (χ0n) is 13.5. The van der Waals surface area contributed by atoms with Crippen molar-refractivity contribution in [2.24, 2.45) is 0 Å². The second-order valence-electron chi connectivity index (χ2n) is 6.15. The van der Waals surface area contributed by atoms with E-state index < -0.39 is 0 Å². The Morgan fingerprint density at radius 1 is 1.42 bits per heavy atom. The van der Waals surface area contributed by atoms with Crippen LogP contribution in [0.4, 0.5) is 0 Å². The van der Waals surface area contributed by atoms with Crippen molar-refractivity contribution in [3.05, 3.63) is 58.9 Å². The van der Waals surface area contributed by atoms with E-state index >= 15 is 0 Å². The molecule has 0 radical (unpaired) electrons. The SMILES string of the molecule is C=Cc1cncc2c1CC1c3cc(O)c(OC)cc3CCN1C2=O. The Balaban J connectivity index is 1.85. The van der Waals surface area contributed by atoms with E-state index in [1.807, 2.05) is 11.0 Å². The van der Waals surface area contributed by atoms with Gasteiger partial charge in [0, 0.05) is 18.9 Å². The summed E-state index contributed by atoms with van der Waals surface area (Å²) >= 11 is 0. The van der Waals surface area contributed by atoms with Crippen molar-refractivity contribution < 1.29 is 14.6 Å². The van der Waals surface area contributed by atoms with Gasteiger partial charge < -0.3 is 14.7 Å². The van der Waals surface area contributed by atoms with Crippen molar-refractivity contribution in [2.45, 2.75) is 18.9 Å². The minimum Gasteiger partial charge on any atom is -0.504 e. The third kappa shape index (κ3) is 2.01. The van der Waals surface area contributed by atoms with Crippen LogP contribution in [0.1, 0.15) is 38.7 Å². The van der Waals surface area contributed by atoms with Gasteiger partial charge in [0.15, 0.2) is 11.5 Å². The van der Waals surface area contributed by atoms with Gasteiger partial charge in [0.25, 0.3) is 5.91 Å². The molecule has 1 aromatic carbocycles. The van der Waals surface area contributed by atoms with E-state index in [0.29, 0.717) is 24.3 Å². The van der Waals surface area contributed by atoms with Gasteiger partial charge >= 0.3 is 0 Å². The number of carbonyl (C=O) groups excluding carboxylic acids is 1. The van der Waals surface area contributed by atoms with Gasteiger partial charge in [-0.3, -0.25) is 9.78 Å². The van der Waals surface area contributed by atoms with E-state index in [-0.39, 0.29) is 17.7 Å². The summed E-state index contributed by atoms with van der Waals surface area (Å²) in [7, 11) is 1.54. The first kappa shape index (κ1) is 14.8. The first-order valence-corrected chi connectivity index (χ1v) is 7.94. The number of aromatic nitrogens is 1. The summed E-state index contributed by atoms with van der Waals surface area (Å²) in [6.45, 7) is 4.48. The molecular weight excluding hydrogens is 304 g/mol. The first-order chi connectivity index (χ1) is 11.6. The van der Waals surface area contributed by atoms with E-state index in [2.05, 4.69) is 11.6 Å². The second-order valence-corrected chi connectivity index (χ2v) is 6.15. The van der Waals surface area contributed by atoms with Gasteiger partial charge in [-0.2, -0.15) is 0 Å². The first-order valence-electron chi connectivity index (χ1n) is 7.94. The molecule has 1 N–H and O–H groups in total. The molecule has 0 aliphatic carbocycles. The average molecular weight is 322 g/mol. The van der Waals surface area contributed by atoms with Crippen LogP contribution in [0.25, 0.3) is 6.08 Å². The summed E-state index contributed by atoms with van der Waals surface area (Å²) in [4.78, 5) is 18.9. The van der Waals surface area contributed by atoms with Crippen molar-refractivity contribution in [1.82, 2.24) is 9.88 Å². The zero-order valence-corrected chi connectivity index (χ0v) is 13.5. The lowest BCUT2D eigenvalue weighted by atomic mass is 9.82. The molecule has 1 amide bonds. The number of carbonyl (C=O) groups is 1. The number of fused-ring (bicyclic) bond motifs is 4. The number of pyridine rings is 1. The van der Waals surface area contributed by atoms with Crippen LogP contribution in [0.15, 0.2) is 31.1 Å². The van der Waals surface area contributed by atoms with Crippen molar-refractivity contribution >= 4 is 12.0 Å². The van der Waals surface area contributed by atoms with Crippen LogP contribution in [0.5, 0.6) is 11.5 Å². The molecule has 2 aliphatic rings. The Labute approximate surface area is 140 Å². The number of aromatic hydroxyl groups is 1. The van der Waals surface area contributed by atoms with Crippen molar-refractivity contribution in [3.63, 3.8) is 0 Å². The summed E-state index contributed by atoms with van der Waals surface area (Å²) in [6.07, 6.45) is 6.57. The van der Waals surface area contributed by atoms with Gasteiger partial charge in [-0.25, -0.2) is 0 Å². The molecule has 122 valence electrons. The van der Waals surface area contributed by atoms with Crippen LogP contribution in [0.2, 0.25) is 0 Å². The molecule has 1 unspecified atom stereocenters. The van der Waals surface area contributed by atoms with Crippen molar-refractivity contribution in [2.75, 3.05) is 13.7 Å². The number of ether oxygens (including phenoxy) is 1. The zero-order chi connectivity index (χ0) is 16.8. The van der Waals surface area contributed by atoms with Crippen LogP contribution in [-0.2, 0) is 12.8 Å². The molecule has 0 fully saturated rings. The highest BCUT2D eigenvalue weighted by Crippen LogP contribution is 2.42. The highest BCUT2D eigenvalue weighted by Gasteiger charge is 2.38.